The maximum Gasteiger partial charge on any atom is 0.356 e. The summed E-state index contributed by atoms with van der Waals surface area (Å²) in [6.07, 6.45) is -2.89. The number of nitrogens with zero attached hydrogens (tertiary/aromatic N) is 1. The van der Waals surface area contributed by atoms with Crippen LogP contribution in [0.4, 0.5) is 0 Å². The SMILES string of the molecule is C[C@H](Cc1ccc(OC(C(=O)O)C(=O)O)cc1)N(C[C@@H](O)c1ccccc1)C[C@@H](O)c1ccccc1. The van der Waals surface area contributed by atoms with Crippen molar-refractivity contribution in [1.82, 2.24) is 4.90 Å². The molecule has 0 unspecified atom stereocenters. The number of hydrogen-bond donors (Lipinski definition) is 4. The van der Waals surface area contributed by atoms with Crippen LogP contribution in [0.2, 0.25) is 0 Å². The standard InChI is InChI=1S/C28H31NO7/c1-19(16-20-12-14-23(15-13-20)36-26(27(32)33)28(34)35)29(17-24(30)21-8-4-2-5-9-21)18-25(31)22-10-6-3-7-11-22/h2-15,19,24-26,30-31H,16-18H2,1H3,(H,32,33)(H,34,35)/t19-,24-,25-/m1/s1. The van der Waals surface area contributed by atoms with E-state index in [1.165, 1.54) is 12.1 Å². The molecule has 4 N–H and O–H groups in total. The quantitative estimate of drug-likeness (QED) is 0.267. The fraction of sp³-hybridized carbons (Fsp3) is 0.286. The van der Waals surface area contributed by atoms with Crippen molar-refractivity contribution >= 4 is 11.9 Å². The molecule has 3 rings (SSSR count). The summed E-state index contributed by atoms with van der Waals surface area (Å²) in [7, 11) is 0. The molecule has 0 radical (unpaired) electrons. The second-order valence-corrected chi connectivity index (χ2v) is 8.68. The number of carboxylic acid groups (broad SMARTS) is 2. The van der Waals surface area contributed by atoms with Crippen molar-refractivity contribution in [2.24, 2.45) is 0 Å². The topological polar surface area (TPSA) is 128 Å². The number of hydrogen-bond acceptors (Lipinski definition) is 6. The summed E-state index contributed by atoms with van der Waals surface area (Å²) in [5, 5.41) is 39.7. The first kappa shape index (κ1) is 26.9. The molecule has 36 heavy (non-hydrogen) atoms. The molecule has 3 aromatic rings. The molecule has 0 spiro atoms. The fourth-order valence-corrected chi connectivity index (χ4v) is 3.96. The zero-order chi connectivity index (χ0) is 26.1. The van der Waals surface area contributed by atoms with Gasteiger partial charge in [-0.25, -0.2) is 9.59 Å². The van der Waals surface area contributed by atoms with Crippen LogP contribution >= 0.6 is 0 Å². The Hall–Kier alpha value is -3.72. The van der Waals surface area contributed by atoms with Gasteiger partial charge in [-0.3, -0.25) is 4.90 Å². The van der Waals surface area contributed by atoms with Crippen molar-refractivity contribution in [3.63, 3.8) is 0 Å². The first-order valence-corrected chi connectivity index (χ1v) is 11.7. The van der Waals surface area contributed by atoms with Gasteiger partial charge in [0.05, 0.1) is 12.2 Å². The van der Waals surface area contributed by atoms with E-state index in [1.807, 2.05) is 72.5 Å². The monoisotopic (exact) mass is 493 g/mol. The van der Waals surface area contributed by atoms with Crippen molar-refractivity contribution in [2.75, 3.05) is 13.1 Å². The molecule has 0 saturated carbocycles. The van der Waals surface area contributed by atoms with Gasteiger partial charge in [0, 0.05) is 19.1 Å². The molecule has 8 heteroatoms. The largest absolute Gasteiger partial charge is 0.478 e. The van der Waals surface area contributed by atoms with Gasteiger partial charge in [0.25, 0.3) is 6.10 Å². The summed E-state index contributed by atoms with van der Waals surface area (Å²) in [6, 6.07) is 25.2. The van der Waals surface area contributed by atoms with Crippen molar-refractivity contribution in [1.29, 1.82) is 0 Å². The minimum absolute atomic E-state index is 0.0701. The van der Waals surface area contributed by atoms with E-state index in [-0.39, 0.29) is 11.8 Å². The number of aliphatic hydroxyl groups is 2. The van der Waals surface area contributed by atoms with E-state index in [0.29, 0.717) is 19.5 Å². The molecule has 8 nitrogen and oxygen atoms in total. The lowest BCUT2D eigenvalue weighted by atomic mass is 10.0. The van der Waals surface area contributed by atoms with E-state index in [0.717, 1.165) is 16.7 Å². The first-order valence-electron chi connectivity index (χ1n) is 11.7. The van der Waals surface area contributed by atoms with Crippen LogP contribution in [-0.2, 0) is 16.0 Å². The predicted octanol–water partition coefficient (Wildman–Crippen LogP) is 3.30. The highest BCUT2D eigenvalue weighted by Crippen LogP contribution is 2.22. The molecule has 0 aliphatic carbocycles. The maximum atomic E-state index is 11.1. The zero-order valence-corrected chi connectivity index (χ0v) is 20.0. The third-order valence-electron chi connectivity index (χ3n) is 5.96. The molecule has 0 aliphatic rings. The van der Waals surface area contributed by atoms with Gasteiger partial charge in [-0.2, -0.15) is 0 Å². The maximum absolute atomic E-state index is 11.1. The van der Waals surface area contributed by atoms with Crippen LogP contribution in [0.3, 0.4) is 0 Å². The van der Waals surface area contributed by atoms with E-state index in [1.54, 1.807) is 12.1 Å². The van der Waals surface area contributed by atoms with Gasteiger partial charge in [0.1, 0.15) is 5.75 Å². The van der Waals surface area contributed by atoms with E-state index in [9.17, 15) is 19.8 Å². The zero-order valence-electron chi connectivity index (χ0n) is 20.0. The molecule has 0 heterocycles. The number of aliphatic hydroxyl groups excluding tert-OH is 2. The molecule has 190 valence electrons. The number of rotatable bonds is 13. The van der Waals surface area contributed by atoms with Crippen molar-refractivity contribution in [2.45, 2.75) is 37.7 Å². The van der Waals surface area contributed by atoms with Crippen LogP contribution < -0.4 is 4.74 Å². The lowest BCUT2D eigenvalue weighted by molar-refractivity contribution is -0.159. The summed E-state index contributed by atoms with van der Waals surface area (Å²) < 4.78 is 5.07. The van der Waals surface area contributed by atoms with Crippen LogP contribution in [0.15, 0.2) is 84.9 Å². The molecule has 3 atom stereocenters. The summed E-state index contributed by atoms with van der Waals surface area (Å²) in [4.78, 5) is 24.2. The predicted molar refractivity (Wildman–Crippen MR) is 134 cm³/mol. The van der Waals surface area contributed by atoms with Crippen molar-refractivity contribution < 1.29 is 34.8 Å². The van der Waals surface area contributed by atoms with Crippen LogP contribution in [0.25, 0.3) is 0 Å². The Kier molecular flexibility index (Phi) is 9.58. The minimum atomic E-state index is -1.98. The Labute approximate surface area is 210 Å². The molecule has 0 bridgehead atoms. The van der Waals surface area contributed by atoms with Gasteiger partial charge < -0.3 is 25.2 Å². The van der Waals surface area contributed by atoms with E-state index >= 15 is 0 Å². The van der Waals surface area contributed by atoms with E-state index in [4.69, 9.17) is 14.9 Å². The number of carbonyl (C=O) groups is 2. The lowest BCUT2D eigenvalue weighted by Gasteiger charge is -2.33. The minimum Gasteiger partial charge on any atom is -0.478 e. The van der Waals surface area contributed by atoms with Crippen LogP contribution in [0.5, 0.6) is 5.75 Å². The van der Waals surface area contributed by atoms with E-state index < -0.39 is 30.3 Å². The summed E-state index contributed by atoms with van der Waals surface area (Å²) in [5.74, 6) is -3.02. The number of aliphatic carboxylic acids is 2. The summed E-state index contributed by atoms with van der Waals surface area (Å²) in [5.41, 5.74) is 2.49. The molecule has 0 fully saturated rings. The average molecular weight is 494 g/mol. The van der Waals surface area contributed by atoms with Crippen molar-refractivity contribution in [3.05, 3.63) is 102 Å². The van der Waals surface area contributed by atoms with Crippen LogP contribution in [0, 0.1) is 0 Å². The Morgan fingerprint density at radius 1 is 0.750 bits per heavy atom. The van der Waals surface area contributed by atoms with Crippen LogP contribution in [-0.4, -0.2) is 62.5 Å². The molecule has 0 aromatic heterocycles. The number of benzene rings is 3. The third-order valence-corrected chi connectivity index (χ3v) is 5.96. The second kappa shape index (κ2) is 12.8. The highest BCUT2D eigenvalue weighted by molar-refractivity contribution is 5.96. The van der Waals surface area contributed by atoms with Gasteiger partial charge in [0.15, 0.2) is 0 Å². The lowest BCUT2D eigenvalue weighted by Crippen LogP contribution is -2.40. The molecule has 0 amide bonds. The average Bonchev–Trinajstić information content (AvgIpc) is 2.88. The Bertz CT molecular complexity index is 1040. The third kappa shape index (κ3) is 7.64. The molecule has 0 saturated heterocycles. The van der Waals surface area contributed by atoms with Crippen LogP contribution in [0.1, 0.15) is 35.8 Å². The molecule has 0 aliphatic heterocycles. The Morgan fingerprint density at radius 3 is 1.61 bits per heavy atom. The summed E-state index contributed by atoms with van der Waals surface area (Å²) >= 11 is 0. The number of ether oxygens (including phenoxy) is 1. The molecular formula is C28H31NO7. The van der Waals surface area contributed by atoms with Gasteiger partial charge >= 0.3 is 11.9 Å². The first-order chi connectivity index (χ1) is 17.2. The van der Waals surface area contributed by atoms with Crippen molar-refractivity contribution in [3.8, 4) is 5.75 Å². The van der Waals surface area contributed by atoms with E-state index in [2.05, 4.69) is 0 Å². The highest BCUT2D eigenvalue weighted by Gasteiger charge is 2.28. The van der Waals surface area contributed by atoms with Gasteiger partial charge in [-0.15, -0.1) is 0 Å². The molecule has 3 aromatic carbocycles. The molecular weight excluding hydrogens is 462 g/mol. The Morgan fingerprint density at radius 2 is 1.19 bits per heavy atom. The van der Waals surface area contributed by atoms with Gasteiger partial charge in [-0.05, 0) is 42.2 Å². The summed E-state index contributed by atoms with van der Waals surface area (Å²) in [6.45, 7) is 2.63. The van der Waals surface area contributed by atoms with Gasteiger partial charge in [-0.1, -0.05) is 72.8 Å². The highest BCUT2D eigenvalue weighted by atomic mass is 16.5. The second-order valence-electron chi connectivity index (χ2n) is 8.68. The van der Waals surface area contributed by atoms with Gasteiger partial charge in [0.2, 0.25) is 0 Å². The smallest absolute Gasteiger partial charge is 0.356 e. The fourth-order valence-electron chi connectivity index (χ4n) is 3.96. The Balaban J connectivity index is 1.72. The number of carboxylic acids is 2. The normalized spacial score (nSPS) is 13.8.